The third-order valence-corrected chi connectivity index (χ3v) is 6.31. The number of hydrogen-bond donors (Lipinski definition) is 1. The van der Waals surface area contributed by atoms with Crippen molar-refractivity contribution in [2.24, 2.45) is 0 Å². The van der Waals surface area contributed by atoms with Crippen molar-refractivity contribution in [2.75, 3.05) is 11.9 Å². The van der Waals surface area contributed by atoms with Gasteiger partial charge in [0.05, 0.1) is 21.8 Å². The van der Waals surface area contributed by atoms with E-state index in [1.165, 1.54) is 16.9 Å². The molecule has 0 atom stereocenters. The smallest absolute Gasteiger partial charge is 0.226 e. The predicted molar refractivity (Wildman–Crippen MR) is 129 cm³/mol. The van der Waals surface area contributed by atoms with Gasteiger partial charge in [0, 0.05) is 22.4 Å². The van der Waals surface area contributed by atoms with E-state index in [-0.39, 0.29) is 5.91 Å². The zero-order valence-electron chi connectivity index (χ0n) is 16.5. The van der Waals surface area contributed by atoms with Crippen LogP contribution in [-0.4, -0.2) is 17.5 Å². The Morgan fingerprint density at radius 2 is 2.03 bits per heavy atom. The van der Waals surface area contributed by atoms with E-state index in [1.807, 2.05) is 17.5 Å². The molecule has 3 aromatic rings. The van der Waals surface area contributed by atoms with Crippen LogP contribution < -0.4 is 10.1 Å². The van der Waals surface area contributed by atoms with E-state index >= 15 is 0 Å². The van der Waals surface area contributed by atoms with E-state index in [9.17, 15) is 4.79 Å². The van der Waals surface area contributed by atoms with Crippen LogP contribution in [0.25, 0.3) is 11.3 Å². The third-order valence-electron chi connectivity index (χ3n) is 4.39. The van der Waals surface area contributed by atoms with Gasteiger partial charge >= 0.3 is 0 Å². The lowest BCUT2D eigenvalue weighted by Crippen LogP contribution is -2.12. The number of amides is 1. The van der Waals surface area contributed by atoms with Gasteiger partial charge in [-0.05, 0) is 64.2 Å². The summed E-state index contributed by atoms with van der Waals surface area (Å²) < 4.78 is 6.72. The molecule has 0 spiro atoms. The third kappa shape index (κ3) is 6.20. The summed E-state index contributed by atoms with van der Waals surface area (Å²) in [7, 11) is 0. The van der Waals surface area contributed by atoms with Crippen molar-refractivity contribution in [1.29, 1.82) is 0 Å². The van der Waals surface area contributed by atoms with Crippen LogP contribution in [0.15, 0.2) is 46.3 Å². The Balaban J connectivity index is 1.47. The van der Waals surface area contributed by atoms with Crippen LogP contribution in [0.2, 0.25) is 10.0 Å². The molecule has 30 heavy (non-hydrogen) atoms. The van der Waals surface area contributed by atoms with Crippen molar-refractivity contribution in [3.05, 3.63) is 61.9 Å². The minimum atomic E-state index is -0.101. The lowest BCUT2D eigenvalue weighted by molar-refractivity contribution is -0.116. The van der Waals surface area contributed by atoms with E-state index in [2.05, 4.69) is 52.2 Å². The number of hydrogen-bond acceptors (Lipinski definition) is 4. The molecule has 0 aliphatic heterocycles. The normalized spacial score (nSPS) is 11.0. The second-order valence-electron chi connectivity index (χ2n) is 7.01. The van der Waals surface area contributed by atoms with Crippen molar-refractivity contribution in [1.82, 2.24) is 4.98 Å². The van der Waals surface area contributed by atoms with E-state index in [0.29, 0.717) is 46.2 Å². The van der Waals surface area contributed by atoms with Gasteiger partial charge in [-0.25, -0.2) is 4.98 Å². The molecule has 3 rings (SSSR count). The first kappa shape index (κ1) is 23.1. The summed E-state index contributed by atoms with van der Waals surface area (Å²) >= 11 is 17.1. The highest BCUT2D eigenvalue weighted by Gasteiger charge is 2.11. The molecule has 0 aliphatic rings. The maximum absolute atomic E-state index is 12.2. The Morgan fingerprint density at radius 1 is 1.23 bits per heavy atom. The zero-order chi connectivity index (χ0) is 21.7. The van der Waals surface area contributed by atoms with Crippen LogP contribution in [0.5, 0.6) is 5.75 Å². The second-order valence-corrected chi connectivity index (χ2v) is 9.56. The molecule has 1 aromatic heterocycles. The van der Waals surface area contributed by atoms with Gasteiger partial charge in [0.2, 0.25) is 5.91 Å². The minimum Gasteiger partial charge on any atom is -0.492 e. The van der Waals surface area contributed by atoms with Crippen LogP contribution in [0, 0.1) is 0 Å². The minimum absolute atomic E-state index is 0.101. The summed E-state index contributed by atoms with van der Waals surface area (Å²) in [4.78, 5) is 16.7. The molecule has 1 N–H and O–H groups in total. The Bertz CT molecular complexity index is 1040. The fraction of sp³-hybridized carbons (Fsp3) is 0.273. The maximum Gasteiger partial charge on any atom is 0.226 e. The number of carbonyl (C=O) groups is 1. The molecule has 1 amide bonds. The number of benzene rings is 2. The average molecular weight is 528 g/mol. The topological polar surface area (TPSA) is 51.2 Å². The maximum atomic E-state index is 12.2. The first-order valence-electron chi connectivity index (χ1n) is 9.46. The highest BCUT2D eigenvalue weighted by molar-refractivity contribution is 9.10. The number of nitrogens with zero attached hydrogens (tertiary/aromatic N) is 1. The molecule has 0 aliphatic carbocycles. The molecule has 2 aromatic carbocycles. The van der Waals surface area contributed by atoms with Crippen molar-refractivity contribution in [3.63, 3.8) is 0 Å². The van der Waals surface area contributed by atoms with Gasteiger partial charge in [0.15, 0.2) is 5.13 Å². The Hall–Kier alpha value is -1.60. The number of halogens is 3. The molecule has 1 heterocycles. The molecule has 0 bridgehead atoms. The zero-order valence-corrected chi connectivity index (χ0v) is 20.5. The molecule has 0 saturated carbocycles. The summed E-state index contributed by atoms with van der Waals surface area (Å²) in [6.07, 6.45) is 0.948. The van der Waals surface area contributed by atoms with Gasteiger partial charge in [0.1, 0.15) is 5.75 Å². The molecular weight excluding hydrogens is 507 g/mol. The van der Waals surface area contributed by atoms with Crippen LogP contribution in [0.1, 0.15) is 38.2 Å². The number of carbonyl (C=O) groups excluding carboxylic acids is 1. The Labute approximate surface area is 198 Å². The largest absolute Gasteiger partial charge is 0.492 e. The number of anilines is 1. The molecule has 8 heteroatoms. The molecule has 0 radical (unpaired) electrons. The van der Waals surface area contributed by atoms with Gasteiger partial charge in [-0.15, -0.1) is 11.3 Å². The summed E-state index contributed by atoms with van der Waals surface area (Å²) in [5.41, 5.74) is 2.73. The lowest BCUT2D eigenvalue weighted by Gasteiger charge is -2.11. The lowest BCUT2D eigenvalue weighted by atomic mass is 10.0. The van der Waals surface area contributed by atoms with Crippen molar-refractivity contribution in [3.8, 4) is 17.0 Å². The van der Waals surface area contributed by atoms with Gasteiger partial charge in [-0.3, -0.25) is 4.79 Å². The van der Waals surface area contributed by atoms with E-state index in [1.54, 1.807) is 12.1 Å². The Kier molecular flexibility index (Phi) is 8.17. The highest BCUT2D eigenvalue weighted by Crippen LogP contribution is 2.32. The van der Waals surface area contributed by atoms with Gasteiger partial charge in [0.25, 0.3) is 0 Å². The van der Waals surface area contributed by atoms with Gasteiger partial charge in [-0.2, -0.15) is 0 Å². The van der Waals surface area contributed by atoms with Crippen molar-refractivity contribution < 1.29 is 9.53 Å². The summed E-state index contributed by atoms with van der Waals surface area (Å²) in [6, 6.07) is 11.3. The monoisotopic (exact) mass is 526 g/mol. The first-order chi connectivity index (χ1) is 14.3. The number of nitrogens with one attached hydrogen (secondary N) is 1. The highest BCUT2D eigenvalue weighted by atomic mass is 79.9. The fourth-order valence-electron chi connectivity index (χ4n) is 2.74. The summed E-state index contributed by atoms with van der Waals surface area (Å²) in [5.74, 6) is 1.14. The van der Waals surface area contributed by atoms with Crippen LogP contribution >= 0.6 is 50.5 Å². The van der Waals surface area contributed by atoms with Crippen molar-refractivity contribution >= 4 is 61.5 Å². The Morgan fingerprint density at radius 3 is 2.73 bits per heavy atom. The molecule has 158 valence electrons. The number of aromatic nitrogens is 1. The van der Waals surface area contributed by atoms with Crippen molar-refractivity contribution in [2.45, 2.75) is 32.6 Å². The molecule has 0 unspecified atom stereocenters. The number of thiazole rings is 1. The first-order valence-corrected chi connectivity index (χ1v) is 11.9. The molecule has 0 saturated heterocycles. The number of rotatable bonds is 8. The second kappa shape index (κ2) is 10.6. The van der Waals surface area contributed by atoms with E-state index < -0.39 is 0 Å². The summed E-state index contributed by atoms with van der Waals surface area (Å²) in [5, 5.41) is 6.31. The predicted octanol–water partition coefficient (Wildman–Crippen LogP) is 7.80. The molecular formula is C22H21BrCl2N2O2S. The SMILES string of the molecule is CC(C)c1ccc(OCCCC(=O)Nc2nc(-c3ccc(Cl)cc3Cl)cs2)c(Br)c1. The average Bonchev–Trinajstić information content (AvgIpc) is 3.14. The van der Waals surface area contributed by atoms with E-state index in [4.69, 9.17) is 27.9 Å². The molecule has 4 nitrogen and oxygen atoms in total. The number of ether oxygens (including phenoxy) is 1. The van der Waals surface area contributed by atoms with Gasteiger partial charge < -0.3 is 10.1 Å². The molecule has 0 fully saturated rings. The van der Waals surface area contributed by atoms with E-state index in [0.717, 1.165) is 15.8 Å². The fourth-order valence-corrected chi connectivity index (χ4v) is 4.48. The van der Waals surface area contributed by atoms with Crippen LogP contribution in [-0.2, 0) is 4.79 Å². The quantitative estimate of drug-likeness (QED) is 0.304. The van der Waals surface area contributed by atoms with Crippen LogP contribution in [0.3, 0.4) is 0 Å². The van der Waals surface area contributed by atoms with Crippen LogP contribution in [0.4, 0.5) is 5.13 Å². The standard InChI is InChI=1S/C22H21BrCl2N2O2S/c1-13(2)14-5-8-20(17(23)10-14)29-9-3-4-21(28)27-22-26-19(12-30-22)16-7-6-15(24)11-18(16)25/h5-8,10-13H,3-4,9H2,1-2H3,(H,26,27,28). The summed E-state index contributed by atoms with van der Waals surface area (Å²) in [6.45, 7) is 4.75. The van der Waals surface area contributed by atoms with Gasteiger partial charge in [-0.1, -0.05) is 43.1 Å².